The van der Waals surface area contributed by atoms with Gasteiger partial charge < -0.3 is 0 Å². The van der Waals surface area contributed by atoms with E-state index in [0.717, 1.165) is 25.0 Å². The lowest BCUT2D eigenvalue weighted by Crippen LogP contribution is -2.17. The molecule has 0 fully saturated rings. The Hall–Kier alpha value is -0.620. The van der Waals surface area contributed by atoms with Crippen molar-refractivity contribution in [3.63, 3.8) is 0 Å². The first-order chi connectivity index (χ1) is 12.2. The average Bonchev–Trinajstić information content (AvgIpc) is 2.41. The van der Waals surface area contributed by atoms with Crippen molar-refractivity contribution >= 4 is 41.4 Å². The van der Waals surface area contributed by atoms with Crippen LogP contribution in [0.25, 0.3) is 0 Å². The number of rotatable bonds is 8. The van der Waals surface area contributed by atoms with E-state index in [1.807, 2.05) is 0 Å². The second-order valence-electron chi connectivity index (χ2n) is 6.37. The summed E-state index contributed by atoms with van der Waals surface area (Å²) < 4.78 is 127. The van der Waals surface area contributed by atoms with E-state index < -0.39 is 87.3 Å². The highest BCUT2D eigenvalue weighted by molar-refractivity contribution is 8.31. The van der Waals surface area contributed by atoms with Crippen LogP contribution in [-0.2, 0) is 39.6 Å². The maximum absolute atomic E-state index is 14.3. The Morgan fingerprint density at radius 3 is 1.04 bits per heavy atom. The number of hydrogen-bond donors (Lipinski definition) is 2. The van der Waals surface area contributed by atoms with Crippen LogP contribution in [0.2, 0.25) is 0 Å². The van der Waals surface area contributed by atoms with Crippen molar-refractivity contribution in [1.29, 1.82) is 0 Å². The lowest BCUT2D eigenvalue weighted by molar-refractivity contribution is 0.398. The zero-order valence-corrected chi connectivity index (χ0v) is 18.2. The van der Waals surface area contributed by atoms with E-state index in [1.54, 1.807) is 0 Å². The molecule has 0 spiro atoms. The van der Waals surface area contributed by atoms with Crippen molar-refractivity contribution in [2.24, 2.45) is 0 Å². The summed E-state index contributed by atoms with van der Waals surface area (Å²) in [7, 11) is -15.8. The van der Waals surface area contributed by atoms with Gasteiger partial charge in [-0.3, -0.25) is 9.11 Å². The normalized spacial score (nSPS) is 14.9. The van der Waals surface area contributed by atoms with Crippen molar-refractivity contribution in [2.75, 3.05) is 25.0 Å². The van der Waals surface area contributed by atoms with Crippen LogP contribution in [0.1, 0.15) is 11.1 Å². The van der Waals surface area contributed by atoms with Gasteiger partial charge >= 0.3 is 20.8 Å². The van der Waals surface area contributed by atoms with Crippen LogP contribution in [0.15, 0.2) is 0 Å². The molecular formula is C12H18F4O8S4. The van der Waals surface area contributed by atoms with E-state index in [4.69, 9.17) is 9.11 Å². The minimum Gasteiger partial charge on any atom is -0.263 e. The first-order valence-corrected chi connectivity index (χ1v) is 14.7. The summed E-state index contributed by atoms with van der Waals surface area (Å²) in [5.41, 5.74) is -2.29. The molecule has 0 atom stereocenters. The van der Waals surface area contributed by atoms with Crippen molar-refractivity contribution in [3.8, 4) is 0 Å². The molecule has 1 aromatic carbocycles. The van der Waals surface area contributed by atoms with Crippen LogP contribution >= 0.6 is 20.6 Å². The summed E-state index contributed by atoms with van der Waals surface area (Å²) in [4.78, 5) is 0. The summed E-state index contributed by atoms with van der Waals surface area (Å²) in [5.74, 6) is -9.14. The molecular weight excluding hydrogens is 476 g/mol. The summed E-state index contributed by atoms with van der Waals surface area (Å²) in [6, 6.07) is 0. The van der Waals surface area contributed by atoms with Gasteiger partial charge in [-0.05, 0) is 25.0 Å². The first-order valence-electron chi connectivity index (χ1n) is 6.87. The third-order valence-electron chi connectivity index (χ3n) is 2.97. The van der Waals surface area contributed by atoms with E-state index in [2.05, 4.69) is 7.26 Å². The Morgan fingerprint density at radius 1 is 0.643 bits per heavy atom. The molecule has 28 heavy (non-hydrogen) atoms. The van der Waals surface area contributed by atoms with Gasteiger partial charge in [0.2, 0.25) is 0 Å². The maximum atomic E-state index is 14.3. The van der Waals surface area contributed by atoms with Crippen LogP contribution < -0.4 is 0 Å². The molecule has 0 saturated heterocycles. The van der Waals surface area contributed by atoms with E-state index in [9.17, 15) is 34.4 Å². The van der Waals surface area contributed by atoms with Gasteiger partial charge in [0.05, 0.1) is 0 Å². The summed E-state index contributed by atoms with van der Waals surface area (Å²) >= 11 is 0. The molecule has 0 bridgehead atoms. The van der Waals surface area contributed by atoms with E-state index in [1.165, 1.54) is 0 Å². The summed E-state index contributed by atoms with van der Waals surface area (Å²) in [6.45, 7) is 0. The zero-order valence-electron chi connectivity index (χ0n) is 14.9. The highest BCUT2D eigenvalue weighted by Crippen LogP contribution is 2.50. The predicted octanol–water partition coefficient (Wildman–Crippen LogP) is 2.84. The number of hydrogen-bond acceptors (Lipinski definition) is 6. The van der Waals surface area contributed by atoms with E-state index in [0.29, 0.717) is 0 Å². The van der Waals surface area contributed by atoms with Crippen molar-refractivity contribution in [3.05, 3.63) is 34.4 Å². The van der Waals surface area contributed by atoms with E-state index in [-0.39, 0.29) is 0 Å². The van der Waals surface area contributed by atoms with Gasteiger partial charge in [-0.1, -0.05) is 0 Å². The van der Waals surface area contributed by atoms with Crippen LogP contribution in [0.3, 0.4) is 0 Å². The van der Waals surface area contributed by atoms with Crippen molar-refractivity contribution < 1.29 is 50.8 Å². The molecule has 0 unspecified atom stereocenters. The maximum Gasteiger partial charge on any atom is 0.406 e. The third-order valence-corrected chi connectivity index (χ3v) is 9.26. The van der Waals surface area contributed by atoms with Crippen LogP contribution in [0, 0.1) is 23.3 Å². The molecule has 0 radical (unpaired) electrons. The molecule has 166 valence electrons. The molecule has 0 heterocycles. The van der Waals surface area contributed by atoms with Gasteiger partial charge in [0.15, 0.2) is 23.3 Å². The predicted molar refractivity (Wildman–Crippen MR) is 97.8 cm³/mol. The summed E-state index contributed by atoms with van der Waals surface area (Å²) in [6.07, 6.45) is 4.32. The fourth-order valence-electron chi connectivity index (χ4n) is 2.18. The molecule has 0 saturated carbocycles. The second-order valence-corrected chi connectivity index (χ2v) is 15.5. The lowest BCUT2D eigenvalue weighted by Gasteiger charge is -2.30. The van der Waals surface area contributed by atoms with Gasteiger partial charge in [-0.25, -0.2) is 17.6 Å². The standard InChI is InChI=1S/C12H18F4O8S4/c1-25(2,23-27(17,18)19)5-7-9(13)11(15)8(12(16)10(7)14)6-26(3,4)24-28(20,21)22/h5-6H2,1-4H3,(H,17,18,19)(H,20,21,22). The van der Waals surface area contributed by atoms with Gasteiger partial charge in [0.25, 0.3) is 0 Å². The Labute approximate surface area is 163 Å². The Bertz CT molecular complexity index is 868. The number of benzene rings is 1. The van der Waals surface area contributed by atoms with Gasteiger partial charge in [0.1, 0.15) is 0 Å². The molecule has 16 heteroatoms. The fraction of sp³-hybridized carbons (Fsp3) is 0.500. The minimum atomic E-state index is -4.99. The second kappa shape index (κ2) is 8.25. The molecule has 0 aliphatic carbocycles. The minimum absolute atomic E-state index is 0.893. The smallest absolute Gasteiger partial charge is 0.263 e. The number of halogens is 4. The molecule has 0 aliphatic rings. The molecule has 1 aromatic rings. The lowest BCUT2D eigenvalue weighted by atomic mass is 10.1. The molecule has 8 nitrogen and oxygen atoms in total. The topological polar surface area (TPSA) is 127 Å². The molecule has 0 amide bonds. The average molecular weight is 495 g/mol. The monoisotopic (exact) mass is 494 g/mol. The SMILES string of the molecule is CS(C)(Cc1c(F)c(F)c(CS(C)(C)OS(=O)(=O)O)c(F)c1F)OS(=O)(=O)O. The molecule has 1 rings (SSSR count). The Kier molecular flexibility index (Phi) is 7.49. The van der Waals surface area contributed by atoms with Gasteiger partial charge in [0, 0.05) is 22.6 Å². The van der Waals surface area contributed by atoms with Crippen LogP contribution in [-0.4, -0.2) is 51.0 Å². The van der Waals surface area contributed by atoms with Crippen molar-refractivity contribution in [1.82, 2.24) is 0 Å². The Balaban J connectivity index is 3.39. The summed E-state index contributed by atoms with van der Waals surface area (Å²) in [5, 5.41) is 0. The van der Waals surface area contributed by atoms with Crippen molar-refractivity contribution in [2.45, 2.75) is 11.5 Å². The fourth-order valence-corrected chi connectivity index (χ4v) is 8.19. The van der Waals surface area contributed by atoms with Gasteiger partial charge in [-0.2, -0.15) is 24.1 Å². The highest BCUT2D eigenvalue weighted by atomic mass is 32.3. The molecule has 0 aliphatic heterocycles. The van der Waals surface area contributed by atoms with Crippen LogP contribution in [0.4, 0.5) is 17.6 Å². The molecule has 2 N–H and O–H groups in total. The largest absolute Gasteiger partial charge is 0.406 e. The third kappa shape index (κ3) is 7.33. The zero-order chi connectivity index (χ0) is 22.3. The highest BCUT2D eigenvalue weighted by Gasteiger charge is 2.33. The molecule has 0 aromatic heterocycles. The van der Waals surface area contributed by atoms with Crippen LogP contribution in [0.5, 0.6) is 0 Å². The Morgan fingerprint density at radius 2 is 0.857 bits per heavy atom. The van der Waals surface area contributed by atoms with E-state index >= 15 is 0 Å². The van der Waals surface area contributed by atoms with Gasteiger partial charge in [-0.15, -0.1) is 20.6 Å². The first kappa shape index (κ1) is 25.4. The quantitative estimate of drug-likeness (QED) is 0.321.